The van der Waals surface area contributed by atoms with E-state index in [2.05, 4.69) is 15.4 Å². The van der Waals surface area contributed by atoms with Gasteiger partial charge in [-0.05, 0) is 18.1 Å². The fraction of sp³-hybridized carbons (Fsp3) is 0.273. The van der Waals surface area contributed by atoms with Gasteiger partial charge in [0.2, 0.25) is 0 Å². The van der Waals surface area contributed by atoms with E-state index in [0.717, 1.165) is 18.7 Å². The lowest BCUT2D eigenvalue weighted by Gasteiger charge is -2.06. The Bertz CT molecular complexity index is 467. The largest absolute Gasteiger partial charge is 0.383 e. The molecule has 0 fully saturated rings. The predicted molar refractivity (Wildman–Crippen MR) is 64.6 cm³/mol. The molecular formula is C11H13ClN4. The van der Waals surface area contributed by atoms with Crippen LogP contribution in [0, 0.1) is 0 Å². The van der Waals surface area contributed by atoms with Crippen molar-refractivity contribution in [2.45, 2.75) is 6.42 Å². The molecule has 5 heteroatoms. The molecule has 84 valence electrons. The monoisotopic (exact) mass is 236 g/mol. The number of halogens is 1. The van der Waals surface area contributed by atoms with Crippen molar-refractivity contribution >= 4 is 17.3 Å². The third-order valence-electron chi connectivity index (χ3n) is 2.26. The summed E-state index contributed by atoms with van der Waals surface area (Å²) in [4.78, 5) is 3.93. The zero-order chi connectivity index (χ0) is 11.4. The van der Waals surface area contributed by atoms with Gasteiger partial charge in [-0.3, -0.25) is 9.67 Å². The molecule has 0 saturated heterocycles. The summed E-state index contributed by atoms with van der Waals surface area (Å²) < 4.78 is 1.80. The summed E-state index contributed by atoms with van der Waals surface area (Å²) >= 11 is 5.97. The molecule has 0 aliphatic rings. The Hall–Kier alpha value is -1.55. The van der Waals surface area contributed by atoms with Gasteiger partial charge in [0.05, 0.1) is 16.9 Å². The Labute approximate surface area is 99.3 Å². The normalized spacial score (nSPS) is 10.4. The Morgan fingerprint density at radius 1 is 1.44 bits per heavy atom. The molecule has 2 heterocycles. The molecule has 0 aromatic carbocycles. The highest BCUT2D eigenvalue weighted by Gasteiger charge is 1.99. The van der Waals surface area contributed by atoms with E-state index in [0.29, 0.717) is 5.02 Å². The van der Waals surface area contributed by atoms with Crippen LogP contribution in [0.25, 0.3) is 0 Å². The number of hydrogen-bond acceptors (Lipinski definition) is 3. The van der Waals surface area contributed by atoms with Gasteiger partial charge in [-0.1, -0.05) is 11.6 Å². The van der Waals surface area contributed by atoms with Crippen LogP contribution < -0.4 is 5.32 Å². The molecule has 2 rings (SSSR count). The Morgan fingerprint density at radius 3 is 3.00 bits per heavy atom. The van der Waals surface area contributed by atoms with Crippen molar-refractivity contribution in [2.24, 2.45) is 7.05 Å². The third kappa shape index (κ3) is 2.73. The van der Waals surface area contributed by atoms with Gasteiger partial charge < -0.3 is 5.32 Å². The minimum atomic E-state index is 0.647. The minimum absolute atomic E-state index is 0.647. The van der Waals surface area contributed by atoms with Crippen molar-refractivity contribution in [2.75, 3.05) is 11.9 Å². The average molecular weight is 237 g/mol. The molecule has 2 aromatic heterocycles. The van der Waals surface area contributed by atoms with Crippen molar-refractivity contribution in [1.82, 2.24) is 14.8 Å². The first-order chi connectivity index (χ1) is 7.75. The minimum Gasteiger partial charge on any atom is -0.383 e. The van der Waals surface area contributed by atoms with E-state index < -0.39 is 0 Å². The summed E-state index contributed by atoms with van der Waals surface area (Å²) in [7, 11) is 1.91. The fourth-order valence-corrected chi connectivity index (χ4v) is 1.65. The smallest absolute Gasteiger partial charge is 0.0820 e. The van der Waals surface area contributed by atoms with Crippen molar-refractivity contribution < 1.29 is 0 Å². The predicted octanol–water partition coefficient (Wildman–Crippen LogP) is 2.12. The lowest BCUT2D eigenvalue weighted by Crippen LogP contribution is -2.04. The number of aromatic nitrogens is 3. The maximum Gasteiger partial charge on any atom is 0.0820 e. The summed E-state index contributed by atoms with van der Waals surface area (Å²) in [6.07, 6.45) is 8.16. The summed E-state index contributed by atoms with van der Waals surface area (Å²) in [6.45, 7) is 0.829. The van der Waals surface area contributed by atoms with Gasteiger partial charge in [0.15, 0.2) is 0 Å². The van der Waals surface area contributed by atoms with E-state index in [1.54, 1.807) is 17.1 Å². The summed E-state index contributed by atoms with van der Waals surface area (Å²) in [5.41, 5.74) is 2.13. The number of aryl methyl sites for hydroxylation is 1. The van der Waals surface area contributed by atoms with E-state index >= 15 is 0 Å². The lowest BCUT2D eigenvalue weighted by atomic mass is 10.2. The van der Waals surface area contributed by atoms with Crippen molar-refractivity contribution in [3.8, 4) is 0 Å². The van der Waals surface area contributed by atoms with Crippen LogP contribution >= 0.6 is 11.6 Å². The van der Waals surface area contributed by atoms with Gasteiger partial charge in [0, 0.05) is 32.2 Å². The van der Waals surface area contributed by atoms with Crippen LogP contribution in [0.2, 0.25) is 5.02 Å². The molecular weight excluding hydrogens is 224 g/mol. The second-order valence-corrected chi connectivity index (χ2v) is 3.96. The van der Waals surface area contributed by atoms with Crippen LogP contribution in [0.15, 0.2) is 30.9 Å². The van der Waals surface area contributed by atoms with Crippen molar-refractivity contribution in [1.29, 1.82) is 0 Å². The number of anilines is 1. The van der Waals surface area contributed by atoms with Gasteiger partial charge in [-0.25, -0.2) is 0 Å². The van der Waals surface area contributed by atoms with E-state index in [1.807, 2.05) is 25.5 Å². The van der Waals surface area contributed by atoms with Gasteiger partial charge in [-0.15, -0.1) is 0 Å². The van der Waals surface area contributed by atoms with Crippen LogP contribution in [0.5, 0.6) is 0 Å². The van der Waals surface area contributed by atoms with Crippen LogP contribution in [0.4, 0.5) is 5.69 Å². The first kappa shape index (κ1) is 11.0. The van der Waals surface area contributed by atoms with E-state index in [1.165, 1.54) is 5.56 Å². The second kappa shape index (κ2) is 4.99. The number of pyridine rings is 1. The first-order valence-corrected chi connectivity index (χ1v) is 5.44. The number of rotatable bonds is 4. The van der Waals surface area contributed by atoms with Crippen LogP contribution in [0.3, 0.4) is 0 Å². The van der Waals surface area contributed by atoms with Crippen molar-refractivity contribution in [3.63, 3.8) is 0 Å². The second-order valence-electron chi connectivity index (χ2n) is 3.55. The number of nitrogens with zero attached hydrogens (tertiary/aromatic N) is 3. The molecule has 0 unspecified atom stereocenters. The molecule has 0 aliphatic carbocycles. The molecule has 16 heavy (non-hydrogen) atoms. The molecule has 0 saturated carbocycles. The molecule has 0 radical (unpaired) electrons. The highest BCUT2D eigenvalue weighted by molar-refractivity contribution is 6.33. The first-order valence-electron chi connectivity index (χ1n) is 5.06. The molecule has 2 aromatic rings. The van der Waals surface area contributed by atoms with E-state index in [-0.39, 0.29) is 0 Å². The van der Waals surface area contributed by atoms with Crippen LogP contribution in [-0.4, -0.2) is 21.3 Å². The fourth-order valence-electron chi connectivity index (χ4n) is 1.46. The van der Waals surface area contributed by atoms with Gasteiger partial charge in [-0.2, -0.15) is 5.10 Å². The Morgan fingerprint density at radius 2 is 2.31 bits per heavy atom. The van der Waals surface area contributed by atoms with E-state index in [9.17, 15) is 0 Å². The molecule has 0 atom stereocenters. The maximum absolute atomic E-state index is 5.97. The Balaban J connectivity index is 1.87. The summed E-state index contributed by atoms with van der Waals surface area (Å²) in [6, 6.07) is 1.87. The van der Waals surface area contributed by atoms with Crippen LogP contribution in [-0.2, 0) is 13.5 Å². The highest BCUT2D eigenvalue weighted by atomic mass is 35.5. The molecule has 0 amide bonds. The lowest BCUT2D eigenvalue weighted by molar-refractivity contribution is 0.767. The summed E-state index contributed by atoms with van der Waals surface area (Å²) in [5.74, 6) is 0. The van der Waals surface area contributed by atoms with Crippen molar-refractivity contribution in [3.05, 3.63) is 41.4 Å². The third-order valence-corrected chi connectivity index (χ3v) is 2.56. The average Bonchev–Trinajstić information content (AvgIpc) is 2.67. The molecule has 0 spiro atoms. The van der Waals surface area contributed by atoms with E-state index in [4.69, 9.17) is 11.6 Å². The number of hydrogen-bond donors (Lipinski definition) is 1. The maximum atomic E-state index is 5.97. The topological polar surface area (TPSA) is 42.7 Å². The quantitative estimate of drug-likeness (QED) is 0.884. The van der Waals surface area contributed by atoms with Gasteiger partial charge in [0.1, 0.15) is 0 Å². The SMILES string of the molecule is Cn1cc(CCNc2ccncc2Cl)cn1. The van der Waals surface area contributed by atoms with Gasteiger partial charge in [0.25, 0.3) is 0 Å². The molecule has 4 nitrogen and oxygen atoms in total. The van der Waals surface area contributed by atoms with Gasteiger partial charge >= 0.3 is 0 Å². The Kier molecular flexibility index (Phi) is 3.41. The zero-order valence-electron chi connectivity index (χ0n) is 9.02. The molecule has 0 aliphatic heterocycles. The standard InChI is InChI=1S/C11H13ClN4/c1-16-8-9(6-15-16)2-5-14-11-3-4-13-7-10(11)12/h3-4,6-8H,2,5H2,1H3,(H,13,14). The number of nitrogens with one attached hydrogen (secondary N) is 1. The summed E-state index contributed by atoms with van der Waals surface area (Å²) in [5, 5.41) is 8.02. The molecule has 1 N–H and O–H groups in total. The highest BCUT2D eigenvalue weighted by Crippen LogP contribution is 2.18. The molecule has 0 bridgehead atoms. The van der Waals surface area contributed by atoms with Crippen LogP contribution in [0.1, 0.15) is 5.56 Å². The zero-order valence-corrected chi connectivity index (χ0v) is 9.78.